The van der Waals surface area contributed by atoms with Gasteiger partial charge < -0.3 is 14.7 Å². The molecule has 214 valence electrons. The Morgan fingerprint density at radius 3 is 1.65 bits per heavy atom. The molecule has 0 aromatic carbocycles. The Bertz CT molecular complexity index is 865. The van der Waals surface area contributed by atoms with Crippen LogP contribution in [0.5, 0.6) is 0 Å². The quantitative estimate of drug-likeness (QED) is 0.245. The molecule has 2 rings (SSSR count). The van der Waals surface area contributed by atoms with E-state index in [0.717, 1.165) is 51.9 Å². The van der Waals surface area contributed by atoms with Crippen molar-refractivity contribution in [3.8, 4) is 0 Å². The zero-order chi connectivity index (χ0) is 27.8. The standard InChI is InChI=1S/C26H48N4O4S3/c1-7-27-15-16-29(23(27)31)13-9-25(3,4)11-17-36(33)19-20-37(34)18-12-26(5,6)10-14-30-22(35)21-28(8-2)24(30)32/h7-21H2,1-6H3. The van der Waals surface area contributed by atoms with E-state index >= 15 is 0 Å². The molecule has 2 heterocycles. The lowest BCUT2D eigenvalue weighted by Crippen LogP contribution is -2.35. The maximum absolute atomic E-state index is 12.6. The van der Waals surface area contributed by atoms with Gasteiger partial charge in [0, 0.05) is 83.9 Å². The molecule has 37 heavy (non-hydrogen) atoms. The highest BCUT2D eigenvalue weighted by Gasteiger charge is 2.33. The van der Waals surface area contributed by atoms with Gasteiger partial charge in [0.2, 0.25) is 0 Å². The number of nitrogens with zero attached hydrogens (tertiary/aromatic N) is 4. The predicted molar refractivity (Wildman–Crippen MR) is 158 cm³/mol. The summed E-state index contributed by atoms with van der Waals surface area (Å²) in [7, 11) is -2.00. The second-order valence-corrected chi connectivity index (χ2v) is 15.6. The second-order valence-electron chi connectivity index (χ2n) is 11.7. The second kappa shape index (κ2) is 14.4. The first-order valence-corrected chi connectivity index (χ1v) is 17.0. The van der Waals surface area contributed by atoms with Gasteiger partial charge in [0.25, 0.3) is 0 Å². The van der Waals surface area contributed by atoms with Gasteiger partial charge in [-0.05, 0) is 50.4 Å². The van der Waals surface area contributed by atoms with Crippen LogP contribution < -0.4 is 0 Å². The van der Waals surface area contributed by atoms with E-state index in [2.05, 4.69) is 27.7 Å². The van der Waals surface area contributed by atoms with Crippen LogP contribution in [0, 0.1) is 10.8 Å². The minimum atomic E-state index is -1.01. The molecule has 2 unspecified atom stereocenters. The number of rotatable bonds is 17. The zero-order valence-corrected chi connectivity index (χ0v) is 26.2. The summed E-state index contributed by atoms with van der Waals surface area (Å²) in [6.45, 7) is 17.4. The number of amides is 4. The summed E-state index contributed by atoms with van der Waals surface area (Å²) in [5.74, 6) is 2.10. The average molecular weight is 577 g/mol. The summed E-state index contributed by atoms with van der Waals surface area (Å²) in [5, 5.41) is 0. The van der Waals surface area contributed by atoms with Crippen LogP contribution in [0.2, 0.25) is 0 Å². The topological polar surface area (TPSA) is 81.2 Å². The largest absolute Gasteiger partial charge is 0.325 e. The van der Waals surface area contributed by atoms with Crippen LogP contribution >= 0.6 is 12.2 Å². The van der Waals surface area contributed by atoms with E-state index in [1.165, 1.54) is 0 Å². The van der Waals surface area contributed by atoms with Crippen LogP contribution in [0.15, 0.2) is 0 Å². The van der Waals surface area contributed by atoms with Gasteiger partial charge in [-0.1, -0.05) is 39.9 Å². The first kappa shape index (κ1) is 32.1. The van der Waals surface area contributed by atoms with Crippen molar-refractivity contribution in [3.63, 3.8) is 0 Å². The molecule has 0 saturated carbocycles. The van der Waals surface area contributed by atoms with E-state index in [1.807, 2.05) is 23.6 Å². The third kappa shape index (κ3) is 10.2. The molecular formula is C26H48N4O4S3. The van der Waals surface area contributed by atoms with Crippen molar-refractivity contribution in [3.05, 3.63) is 0 Å². The van der Waals surface area contributed by atoms with Crippen molar-refractivity contribution in [1.29, 1.82) is 0 Å². The number of likely N-dealkylation sites (N-methyl/N-ethyl adjacent to an activating group) is 2. The molecule has 11 heteroatoms. The van der Waals surface area contributed by atoms with E-state index < -0.39 is 21.6 Å². The van der Waals surface area contributed by atoms with Gasteiger partial charge in [0.15, 0.2) is 0 Å². The summed E-state index contributed by atoms with van der Waals surface area (Å²) in [6, 6.07) is 0.119. The van der Waals surface area contributed by atoms with Gasteiger partial charge in [0.05, 0.1) is 6.54 Å². The Kier molecular flexibility index (Phi) is 12.5. The molecular weight excluding hydrogens is 529 g/mol. The number of hydrogen-bond donors (Lipinski definition) is 0. The Morgan fingerprint density at radius 2 is 1.19 bits per heavy atom. The van der Waals surface area contributed by atoms with Crippen LogP contribution in [0.1, 0.15) is 67.2 Å². The Balaban J connectivity index is 1.63. The lowest BCUT2D eigenvalue weighted by molar-refractivity contribution is 0.185. The van der Waals surface area contributed by atoms with Gasteiger partial charge >= 0.3 is 12.1 Å². The smallest absolute Gasteiger partial charge is 0.323 e. The molecule has 2 saturated heterocycles. The maximum Gasteiger partial charge on any atom is 0.325 e. The molecule has 2 aliphatic rings. The molecule has 0 aromatic rings. The van der Waals surface area contributed by atoms with Crippen molar-refractivity contribution >= 4 is 50.9 Å². The number of thiocarbonyl (C=S) groups is 1. The first-order valence-electron chi connectivity index (χ1n) is 13.6. The molecule has 0 radical (unpaired) electrons. The molecule has 4 amide bonds. The molecule has 0 aromatic heterocycles. The molecule has 0 N–H and O–H groups in total. The maximum atomic E-state index is 12.6. The molecule has 2 aliphatic heterocycles. The van der Waals surface area contributed by atoms with Gasteiger partial charge in [-0.25, -0.2) is 9.59 Å². The summed E-state index contributed by atoms with van der Waals surface area (Å²) in [4.78, 5) is 32.6. The van der Waals surface area contributed by atoms with Crippen LogP contribution in [0.4, 0.5) is 9.59 Å². The van der Waals surface area contributed by atoms with Gasteiger partial charge in [-0.2, -0.15) is 0 Å². The van der Waals surface area contributed by atoms with Crippen molar-refractivity contribution in [2.45, 2.75) is 67.2 Å². The highest BCUT2D eigenvalue weighted by atomic mass is 32.2. The fraction of sp³-hybridized carbons (Fsp3) is 0.885. The normalized spacial score (nSPS) is 18.9. The SMILES string of the molecule is CCN1CCN(CCC(C)(C)CCS(=O)CCS(=O)CCC(C)(C)CCN2C(=O)N(CC)CC2=S)C1=O. The van der Waals surface area contributed by atoms with Crippen LogP contribution in [0.25, 0.3) is 0 Å². The lowest BCUT2D eigenvalue weighted by Gasteiger charge is -2.27. The van der Waals surface area contributed by atoms with Gasteiger partial charge in [-0.3, -0.25) is 13.3 Å². The summed E-state index contributed by atoms with van der Waals surface area (Å²) in [6.07, 6.45) is 3.30. The van der Waals surface area contributed by atoms with Crippen LogP contribution in [-0.4, -0.2) is 114 Å². The summed E-state index contributed by atoms with van der Waals surface area (Å²) in [5.41, 5.74) is -0.0504. The predicted octanol–water partition coefficient (Wildman–Crippen LogP) is 3.94. The molecule has 2 atom stereocenters. The van der Waals surface area contributed by atoms with Gasteiger partial charge in [-0.15, -0.1) is 0 Å². The Hall–Kier alpha value is -1.07. The zero-order valence-electron chi connectivity index (χ0n) is 23.8. The monoisotopic (exact) mass is 576 g/mol. The Morgan fingerprint density at radius 1 is 0.703 bits per heavy atom. The van der Waals surface area contributed by atoms with Crippen molar-refractivity contribution in [1.82, 2.24) is 19.6 Å². The number of carbonyl (C=O) groups excluding carboxylic acids is 2. The van der Waals surface area contributed by atoms with Crippen molar-refractivity contribution < 1.29 is 18.0 Å². The van der Waals surface area contributed by atoms with Crippen molar-refractivity contribution in [2.75, 3.05) is 68.8 Å². The summed E-state index contributed by atoms with van der Waals surface area (Å²) < 4.78 is 25.2. The Labute approximate surface area is 234 Å². The van der Waals surface area contributed by atoms with Crippen LogP contribution in [-0.2, 0) is 21.6 Å². The first-order chi connectivity index (χ1) is 17.3. The van der Waals surface area contributed by atoms with E-state index in [9.17, 15) is 18.0 Å². The molecule has 0 aliphatic carbocycles. The number of hydrogen-bond acceptors (Lipinski definition) is 5. The summed E-state index contributed by atoms with van der Waals surface area (Å²) >= 11 is 5.38. The molecule has 2 fully saturated rings. The molecule has 0 bridgehead atoms. The van der Waals surface area contributed by atoms with E-state index in [4.69, 9.17) is 12.2 Å². The minimum Gasteiger partial charge on any atom is -0.323 e. The third-order valence-corrected chi connectivity index (χ3v) is 10.9. The molecule has 0 spiro atoms. The van der Waals surface area contributed by atoms with E-state index in [-0.39, 0.29) is 22.9 Å². The number of urea groups is 2. The number of carbonyl (C=O) groups is 2. The van der Waals surface area contributed by atoms with Gasteiger partial charge in [0.1, 0.15) is 4.99 Å². The van der Waals surface area contributed by atoms with Crippen LogP contribution in [0.3, 0.4) is 0 Å². The third-order valence-electron chi connectivity index (χ3n) is 7.70. The van der Waals surface area contributed by atoms with E-state index in [0.29, 0.717) is 47.6 Å². The fourth-order valence-corrected chi connectivity index (χ4v) is 8.25. The van der Waals surface area contributed by atoms with Crippen molar-refractivity contribution in [2.24, 2.45) is 10.8 Å². The average Bonchev–Trinajstić information content (AvgIpc) is 3.34. The molecule has 8 nitrogen and oxygen atoms in total. The highest BCUT2D eigenvalue weighted by molar-refractivity contribution is 7.88. The highest BCUT2D eigenvalue weighted by Crippen LogP contribution is 2.28. The van der Waals surface area contributed by atoms with E-state index in [1.54, 1.807) is 9.80 Å². The lowest BCUT2D eigenvalue weighted by atomic mass is 9.86. The fourth-order valence-electron chi connectivity index (χ4n) is 4.47. The minimum absolute atomic E-state index is 0.00590.